The maximum Gasteiger partial charge on any atom is 0.226 e. The fraction of sp³-hybridized carbons (Fsp3) is 0.550. The predicted octanol–water partition coefficient (Wildman–Crippen LogP) is 3.64. The highest BCUT2D eigenvalue weighted by Gasteiger charge is 2.09. The summed E-state index contributed by atoms with van der Waals surface area (Å²) in [6.07, 6.45) is 7.73. The lowest BCUT2D eigenvalue weighted by Gasteiger charge is -2.05. The number of amides is 1. The number of unbranched alkanes of at least 4 members (excludes halogenated alkanes) is 4. The van der Waals surface area contributed by atoms with Gasteiger partial charge in [-0.15, -0.1) is 0 Å². The highest BCUT2D eigenvalue weighted by Crippen LogP contribution is 2.17. The van der Waals surface area contributed by atoms with E-state index in [0.717, 1.165) is 24.0 Å². The van der Waals surface area contributed by atoms with E-state index in [2.05, 4.69) is 22.4 Å². The zero-order chi connectivity index (χ0) is 18.6. The molecule has 6 nitrogen and oxygen atoms in total. The van der Waals surface area contributed by atoms with Gasteiger partial charge in [-0.25, -0.2) is 0 Å². The van der Waals surface area contributed by atoms with Gasteiger partial charge in [0.05, 0.1) is 0 Å². The summed E-state index contributed by atoms with van der Waals surface area (Å²) < 4.78 is 5.33. The molecule has 2 aromatic rings. The quantitative estimate of drug-likeness (QED) is 0.565. The van der Waals surface area contributed by atoms with Crippen LogP contribution in [0.15, 0.2) is 28.8 Å². The summed E-state index contributed by atoms with van der Waals surface area (Å²) in [6.45, 7) is 2.72. The third kappa shape index (κ3) is 6.96. The standard InChI is InChI=1S/C20H29N3O3/c1-2-3-4-5-6-9-19-22-20(23-26-19)17-12-10-16(11-13-17)15-21-18(25)8-7-14-24/h10-13,24H,2-9,14-15H2,1H3,(H,21,25). The molecule has 0 aliphatic heterocycles. The van der Waals surface area contributed by atoms with Crippen molar-refractivity contribution in [2.24, 2.45) is 0 Å². The molecule has 142 valence electrons. The number of nitrogens with one attached hydrogen (secondary N) is 1. The third-order valence-corrected chi connectivity index (χ3v) is 4.23. The SMILES string of the molecule is CCCCCCCc1nc(-c2ccc(CNC(=O)CCCO)cc2)no1. The number of aryl methyl sites for hydroxylation is 1. The second-order valence-corrected chi connectivity index (χ2v) is 6.48. The monoisotopic (exact) mass is 359 g/mol. The average molecular weight is 359 g/mol. The normalized spacial score (nSPS) is 10.8. The van der Waals surface area contributed by atoms with Gasteiger partial charge in [-0.1, -0.05) is 62.0 Å². The molecule has 2 N–H and O–H groups in total. The van der Waals surface area contributed by atoms with Crippen LogP contribution in [0.2, 0.25) is 0 Å². The van der Waals surface area contributed by atoms with Crippen LogP contribution in [0.4, 0.5) is 0 Å². The Morgan fingerprint density at radius 3 is 2.62 bits per heavy atom. The summed E-state index contributed by atoms with van der Waals surface area (Å²) in [6, 6.07) is 7.76. The Morgan fingerprint density at radius 1 is 1.12 bits per heavy atom. The lowest BCUT2D eigenvalue weighted by molar-refractivity contribution is -0.121. The van der Waals surface area contributed by atoms with E-state index in [4.69, 9.17) is 9.63 Å². The first-order valence-electron chi connectivity index (χ1n) is 9.52. The van der Waals surface area contributed by atoms with Crippen LogP contribution in [0.1, 0.15) is 63.3 Å². The Bertz CT molecular complexity index is 653. The molecule has 0 fully saturated rings. The number of rotatable bonds is 12. The van der Waals surface area contributed by atoms with E-state index >= 15 is 0 Å². The minimum Gasteiger partial charge on any atom is -0.396 e. The molecule has 1 amide bonds. The maximum atomic E-state index is 11.6. The molecule has 0 atom stereocenters. The molecule has 0 aliphatic rings. The summed E-state index contributed by atoms with van der Waals surface area (Å²) in [7, 11) is 0. The van der Waals surface area contributed by atoms with Gasteiger partial charge in [0.1, 0.15) is 0 Å². The number of aliphatic hydroxyl groups is 1. The lowest BCUT2D eigenvalue weighted by Crippen LogP contribution is -2.22. The molecular weight excluding hydrogens is 330 g/mol. The number of carbonyl (C=O) groups is 1. The van der Waals surface area contributed by atoms with E-state index in [0.29, 0.717) is 31.1 Å². The van der Waals surface area contributed by atoms with Gasteiger partial charge < -0.3 is 14.9 Å². The van der Waals surface area contributed by atoms with Crippen LogP contribution < -0.4 is 5.32 Å². The zero-order valence-corrected chi connectivity index (χ0v) is 15.5. The van der Waals surface area contributed by atoms with Crippen LogP contribution in [-0.4, -0.2) is 27.8 Å². The summed E-state index contributed by atoms with van der Waals surface area (Å²) in [5.74, 6) is 1.24. The summed E-state index contributed by atoms with van der Waals surface area (Å²) in [5, 5.41) is 15.6. The van der Waals surface area contributed by atoms with E-state index in [1.807, 2.05) is 24.3 Å². The van der Waals surface area contributed by atoms with Crippen LogP contribution >= 0.6 is 0 Å². The molecule has 0 spiro atoms. The number of nitrogens with zero attached hydrogens (tertiary/aromatic N) is 2. The Balaban J connectivity index is 1.80. The van der Waals surface area contributed by atoms with Gasteiger partial charge in [-0.3, -0.25) is 4.79 Å². The Labute approximate surface area is 155 Å². The predicted molar refractivity (Wildman–Crippen MR) is 100 cm³/mol. The molecule has 0 radical (unpaired) electrons. The second kappa shape index (κ2) is 11.4. The number of hydrogen-bond acceptors (Lipinski definition) is 5. The molecular formula is C20H29N3O3. The molecule has 26 heavy (non-hydrogen) atoms. The van der Waals surface area contributed by atoms with Crippen LogP contribution in [-0.2, 0) is 17.8 Å². The van der Waals surface area contributed by atoms with Gasteiger partial charge in [-0.05, 0) is 18.4 Å². The third-order valence-electron chi connectivity index (χ3n) is 4.23. The largest absolute Gasteiger partial charge is 0.396 e. The van der Waals surface area contributed by atoms with Crippen molar-refractivity contribution in [2.75, 3.05) is 6.61 Å². The highest BCUT2D eigenvalue weighted by molar-refractivity contribution is 5.75. The van der Waals surface area contributed by atoms with Gasteiger partial charge in [0, 0.05) is 31.6 Å². The molecule has 2 rings (SSSR count). The van der Waals surface area contributed by atoms with E-state index in [9.17, 15) is 4.79 Å². The first-order chi connectivity index (χ1) is 12.7. The number of carbonyl (C=O) groups excluding carboxylic acids is 1. The number of aromatic nitrogens is 2. The average Bonchev–Trinajstić information content (AvgIpc) is 3.14. The molecule has 0 saturated heterocycles. The summed E-state index contributed by atoms with van der Waals surface area (Å²) in [4.78, 5) is 16.0. The van der Waals surface area contributed by atoms with Crippen molar-refractivity contribution in [2.45, 2.75) is 64.8 Å². The van der Waals surface area contributed by atoms with Gasteiger partial charge >= 0.3 is 0 Å². The fourth-order valence-corrected chi connectivity index (χ4v) is 2.65. The van der Waals surface area contributed by atoms with Crippen LogP contribution in [0, 0.1) is 0 Å². The molecule has 1 aromatic heterocycles. The number of benzene rings is 1. The first kappa shape index (κ1) is 20.1. The molecule has 0 saturated carbocycles. The van der Waals surface area contributed by atoms with Crippen molar-refractivity contribution < 1.29 is 14.4 Å². The van der Waals surface area contributed by atoms with E-state index < -0.39 is 0 Å². The van der Waals surface area contributed by atoms with Crippen molar-refractivity contribution in [1.82, 2.24) is 15.5 Å². The molecule has 6 heteroatoms. The molecule has 0 aliphatic carbocycles. The van der Waals surface area contributed by atoms with E-state index in [1.165, 1.54) is 25.7 Å². The fourth-order valence-electron chi connectivity index (χ4n) is 2.65. The van der Waals surface area contributed by atoms with Gasteiger partial charge in [0.25, 0.3) is 0 Å². The first-order valence-corrected chi connectivity index (χ1v) is 9.52. The summed E-state index contributed by atoms with van der Waals surface area (Å²) >= 11 is 0. The number of aliphatic hydroxyl groups excluding tert-OH is 1. The Hall–Kier alpha value is -2.21. The molecule has 1 heterocycles. The second-order valence-electron chi connectivity index (χ2n) is 6.48. The smallest absolute Gasteiger partial charge is 0.226 e. The Kier molecular flexibility index (Phi) is 8.83. The van der Waals surface area contributed by atoms with Gasteiger partial charge in [0.2, 0.25) is 17.6 Å². The molecule has 1 aromatic carbocycles. The maximum absolute atomic E-state index is 11.6. The Morgan fingerprint density at radius 2 is 1.88 bits per heavy atom. The minimum absolute atomic E-state index is 0.0353. The molecule has 0 bridgehead atoms. The van der Waals surface area contributed by atoms with Crippen molar-refractivity contribution in [3.05, 3.63) is 35.7 Å². The minimum atomic E-state index is -0.0510. The van der Waals surface area contributed by atoms with Crippen molar-refractivity contribution in [1.29, 1.82) is 0 Å². The van der Waals surface area contributed by atoms with Gasteiger partial charge in [-0.2, -0.15) is 4.98 Å². The summed E-state index contributed by atoms with van der Waals surface area (Å²) in [5.41, 5.74) is 1.91. The van der Waals surface area contributed by atoms with Crippen LogP contribution in [0.25, 0.3) is 11.4 Å². The topological polar surface area (TPSA) is 88.2 Å². The van der Waals surface area contributed by atoms with E-state index in [1.54, 1.807) is 0 Å². The number of hydrogen-bond donors (Lipinski definition) is 2. The zero-order valence-electron chi connectivity index (χ0n) is 15.5. The van der Waals surface area contributed by atoms with Crippen LogP contribution in [0.3, 0.4) is 0 Å². The van der Waals surface area contributed by atoms with Crippen molar-refractivity contribution in [3.63, 3.8) is 0 Å². The molecule has 0 unspecified atom stereocenters. The highest BCUT2D eigenvalue weighted by atomic mass is 16.5. The lowest BCUT2D eigenvalue weighted by atomic mass is 10.1. The van der Waals surface area contributed by atoms with Crippen LogP contribution in [0.5, 0.6) is 0 Å². The van der Waals surface area contributed by atoms with Crippen molar-refractivity contribution >= 4 is 5.91 Å². The van der Waals surface area contributed by atoms with Crippen molar-refractivity contribution in [3.8, 4) is 11.4 Å². The van der Waals surface area contributed by atoms with E-state index in [-0.39, 0.29) is 12.5 Å². The van der Waals surface area contributed by atoms with Gasteiger partial charge in [0.15, 0.2) is 0 Å².